The molecule has 0 bridgehead atoms. The second-order valence-electron chi connectivity index (χ2n) is 4.75. The number of aryl methyl sites for hydroxylation is 1. The highest BCUT2D eigenvalue weighted by molar-refractivity contribution is 6.22. The van der Waals surface area contributed by atoms with Crippen LogP contribution in [-0.2, 0) is 0 Å². The molecule has 3 nitrogen and oxygen atoms in total. The molecule has 1 heterocycles. The summed E-state index contributed by atoms with van der Waals surface area (Å²) in [4.78, 5) is 16.6. The van der Waals surface area contributed by atoms with Crippen LogP contribution >= 0.6 is 11.6 Å². The summed E-state index contributed by atoms with van der Waals surface area (Å²) in [5.41, 5.74) is 3.69. The van der Waals surface area contributed by atoms with Gasteiger partial charge in [0.1, 0.15) is 5.82 Å². The average molecular weight is 291 g/mol. The van der Waals surface area contributed by atoms with Crippen molar-refractivity contribution in [2.75, 3.05) is 0 Å². The molecule has 0 saturated heterocycles. The van der Waals surface area contributed by atoms with Gasteiger partial charge in [0.05, 0.1) is 16.4 Å². The molecular formula is C15H12ClFN2O. The van der Waals surface area contributed by atoms with Gasteiger partial charge < -0.3 is 9.97 Å². The predicted octanol–water partition coefficient (Wildman–Crippen LogP) is 3.63. The Labute approximate surface area is 119 Å². The number of hydrogen-bond acceptors (Lipinski definition) is 1. The summed E-state index contributed by atoms with van der Waals surface area (Å²) in [7, 11) is 0. The first-order valence-electron chi connectivity index (χ1n) is 6.16. The lowest BCUT2D eigenvalue weighted by Crippen LogP contribution is -1.99. The van der Waals surface area contributed by atoms with E-state index in [1.165, 1.54) is 12.1 Å². The standard InChI is InChI=1S/C15H12ClFN2O/c1-8-6-10(17)3-4-11(8)14(16)9-2-5-12-13(7-9)19-15(20)18-12/h2-7,14H,1H3,(H2,18,19,20). The molecule has 0 amide bonds. The van der Waals surface area contributed by atoms with Crippen molar-refractivity contribution in [1.82, 2.24) is 9.97 Å². The van der Waals surface area contributed by atoms with Gasteiger partial charge in [0, 0.05) is 0 Å². The van der Waals surface area contributed by atoms with Gasteiger partial charge in [-0.2, -0.15) is 0 Å². The third-order valence-electron chi connectivity index (χ3n) is 3.34. The SMILES string of the molecule is Cc1cc(F)ccc1C(Cl)c1ccc2[nH]c(=O)[nH]c2c1. The molecule has 0 aliphatic rings. The maximum atomic E-state index is 13.1. The van der Waals surface area contributed by atoms with Crippen LogP contribution in [-0.4, -0.2) is 9.97 Å². The predicted molar refractivity (Wildman–Crippen MR) is 77.8 cm³/mol. The molecule has 1 aromatic heterocycles. The molecule has 3 aromatic rings. The van der Waals surface area contributed by atoms with Crippen LogP contribution < -0.4 is 5.69 Å². The number of aromatic amines is 2. The topological polar surface area (TPSA) is 48.6 Å². The van der Waals surface area contributed by atoms with Crippen molar-refractivity contribution in [3.63, 3.8) is 0 Å². The Morgan fingerprint density at radius 1 is 1.10 bits per heavy atom. The summed E-state index contributed by atoms with van der Waals surface area (Å²) in [6.07, 6.45) is 0. The first kappa shape index (κ1) is 12.9. The Kier molecular flexibility index (Phi) is 3.10. The van der Waals surface area contributed by atoms with Crippen molar-refractivity contribution in [2.45, 2.75) is 12.3 Å². The van der Waals surface area contributed by atoms with E-state index in [1.807, 2.05) is 19.1 Å². The Morgan fingerprint density at radius 2 is 1.85 bits per heavy atom. The van der Waals surface area contributed by atoms with E-state index >= 15 is 0 Å². The summed E-state index contributed by atoms with van der Waals surface area (Å²) >= 11 is 6.47. The molecule has 20 heavy (non-hydrogen) atoms. The van der Waals surface area contributed by atoms with Gasteiger partial charge in [0.15, 0.2) is 0 Å². The first-order chi connectivity index (χ1) is 9.54. The largest absolute Gasteiger partial charge is 0.323 e. The van der Waals surface area contributed by atoms with Crippen LogP contribution in [0, 0.1) is 12.7 Å². The monoisotopic (exact) mass is 290 g/mol. The number of alkyl halides is 1. The zero-order valence-electron chi connectivity index (χ0n) is 10.7. The number of aromatic nitrogens is 2. The molecule has 0 aliphatic carbocycles. The molecule has 0 spiro atoms. The van der Waals surface area contributed by atoms with Crippen molar-refractivity contribution in [2.24, 2.45) is 0 Å². The molecule has 2 N–H and O–H groups in total. The molecule has 1 atom stereocenters. The molecule has 0 radical (unpaired) electrons. The van der Waals surface area contributed by atoms with Gasteiger partial charge in [0.25, 0.3) is 0 Å². The number of fused-ring (bicyclic) bond motifs is 1. The normalized spacial score (nSPS) is 12.8. The molecule has 0 aliphatic heterocycles. The van der Waals surface area contributed by atoms with E-state index in [4.69, 9.17) is 11.6 Å². The Bertz CT molecular complexity index is 837. The fraction of sp³-hybridized carbons (Fsp3) is 0.133. The lowest BCUT2D eigenvalue weighted by Gasteiger charge is -2.13. The van der Waals surface area contributed by atoms with Crippen LogP contribution in [0.15, 0.2) is 41.2 Å². The number of benzene rings is 2. The minimum absolute atomic E-state index is 0.249. The van der Waals surface area contributed by atoms with Crippen molar-refractivity contribution in [3.05, 3.63) is 69.4 Å². The number of nitrogens with one attached hydrogen (secondary N) is 2. The van der Waals surface area contributed by atoms with Gasteiger partial charge in [-0.1, -0.05) is 12.1 Å². The van der Waals surface area contributed by atoms with Crippen molar-refractivity contribution in [1.29, 1.82) is 0 Å². The Hall–Kier alpha value is -2.07. The summed E-state index contributed by atoms with van der Waals surface area (Å²) in [6, 6.07) is 10.0. The van der Waals surface area contributed by atoms with Crippen molar-refractivity contribution in [3.8, 4) is 0 Å². The van der Waals surface area contributed by atoms with Crippen LogP contribution in [0.2, 0.25) is 0 Å². The van der Waals surface area contributed by atoms with E-state index in [-0.39, 0.29) is 11.5 Å². The fourth-order valence-corrected chi connectivity index (χ4v) is 2.69. The van der Waals surface area contributed by atoms with Gasteiger partial charge in [-0.25, -0.2) is 9.18 Å². The zero-order valence-corrected chi connectivity index (χ0v) is 11.5. The number of hydrogen-bond donors (Lipinski definition) is 2. The molecule has 3 rings (SSSR count). The van der Waals surface area contributed by atoms with Crippen LogP contribution in [0.4, 0.5) is 4.39 Å². The van der Waals surface area contributed by atoms with Gasteiger partial charge in [-0.05, 0) is 47.9 Å². The fourth-order valence-electron chi connectivity index (χ4n) is 2.31. The van der Waals surface area contributed by atoms with Gasteiger partial charge in [-0.3, -0.25) is 0 Å². The van der Waals surface area contributed by atoms with E-state index < -0.39 is 5.38 Å². The highest BCUT2D eigenvalue weighted by Gasteiger charge is 2.14. The lowest BCUT2D eigenvalue weighted by atomic mass is 9.99. The molecule has 0 saturated carbocycles. The summed E-state index contributed by atoms with van der Waals surface area (Å²) < 4.78 is 13.1. The van der Waals surface area contributed by atoms with Crippen molar-refractivity contribution < 1.29 is 4.39 Å². The second-order valence-corrected chi connectivity index (χ2v) is 5.18. The molecule has 2 aromatic carbocycles. The summed E-state index contributed by atoms with van der Waals surface area (Å²) in [5, 5.41) is -0.390. The maximum absolute atomic E-state index is 13.1. The minimum atomic E-state index is -0.390. The van der Waals surface area contributed by atoms with E-state index in [9.17, 15) is 9.18 Å². The lowest BCUT2D eigenvalue weighted by molar-refractivity contribution is 0.625. The minimum Gasteiger partial charge on any atom is -0.306 e. The van der Waals surface area contributed by atoms with E-state index in [2.05, 4.69) is 9.97 Å². The second kappa shape index (κ2) is 4.80. The molecule has 102 valence electrons. The molecular weight excluding hydrogens is 279 g/mol. The smallest absolute Gasteiger partial charge is 0.306 e. The Morgan fingerprint density at radius 3 is 2.60 bits per heavy atom. The average Bonchev–Trinajstić information content (AvgIpc) is 2.77. The molecule has 5 heteroatoms. The third-order valence-corrected chi connectivity index (χ3v) is 3.82. The van der Waals surface area contributed by atoms with Crippen molar-refractivity contribution >= 4 is 22.6 Å². The Balaban J connectivity index is 2.06. The van der Waals surface area contributed by atoms with Gasteiger partial charge in [-0.15, -0.1) is 11.6 Å². The maximum Gasteiger partial charge on any atom is 0.323 e. The summed E-state index contributed by atoms with van der Waals surface area (Å²) in [5.74, 6) is -0.277. The highest BCUT2D eigenvalue weighted by atomic mass is 35.5. The quantitative estimate of drug-likeness (QED) is 0.696. The van der Waals surface area contributed by atoms with Crippen LogP contribution in [0.5, 0.6) is 0 Å². The molecule has 1 unspecified atom stereocenters. The van der Waals surface area contributed by atoms with Gasteiger partial charge >= 0.3 is 5.69 Å². The van der Waals surface area contributed by atoms with E-state index in [0.717, 1.165) is 22.2 Å². The summed E-state index contributed by atoms with van der Waals surface area (Å²) in [6.45, 7) is 1.82. The number of H-pyrrole nitrogens is 2. The van der Waals surface area contributed by atoms with Gasteiger partial charge in [0.2, 0.25) is 0 Å². The van der Waals surface area contributed by atoms with E-state index in [1.54, 1.807) is 12.1 Å². The van der Waals surface area contributed by atoms with E-state index in [0.29, 0.717) is 5.52 Å². The number of halogens is 2. The van der Waals surface area contributed by atoms with Crippen LogP contribution in [0.1, 0.15) is 22.1 Å². The first-order valence-corrected chi connectivity index (χ1v) is 6.60. The zero-order chi connectivity index (χ0) is 14.3. The third kappa shape index (κ3) is 2.23. The van der Waals surface area contributed by atoms with Crippen LogP contribution in [0.25, 0.3) is 11.0 Å². The molecule has 0 fully saturated rings. The number of rotatable bonds is 2. The van der Waals surface area contributed by atoms with Crippen LogP contribution in [0.3, 0.4) is 0 Å². The highest BCUT2D eigenvalue weighted by Crippen LogP contribution is 2.32. The number of imidazole rings is 1.